The third-order valence-corrected chi connectivity index (χ3v) is 6.67. The molecule has 24 heavy (non-hydrogen) atoms. The van der Waals surface area contributed by atoms with Gasteiger partial charge in [-0.25, -0.2) is 0 Å². The molecule has 4 rings (SSSR count). The van der Waals surface area contributed by atoms with Crippen LogP contribution in [-0.2, 0) is 6.54 Å². The summed E-state index contributed by atoms with van der Waals surface area (Å²) in [4.78, 5) is 18.3. The molecule has 6 heteroatoms. The van der Waals surface area contributed by atoms with Crippen molar-refractivity contribution in [3.05, 3.63) is 40.3 Å². The van der Waals surface area contributed by atoms with Gasteiger partial charge in [0.15, 0.2) is 0 Å². The molecule has 0 aliphatic carbocycles. The number of carbonyl (C=O) groups excluding carboxylic acids is 1. The van der Waals surface area contributed by atoms with Gasteiger partial charge in [-0.2, -0.15) is 5.10 Å². The first-order valence-corrected chi connectivity index (χ1v) is 9.54. The minimum absolute atomic E-state index is 0.221. The number of aryl methyl sites for hydroxylation is 1. The number of carbonyl (C=O) groups is 1. The number of thiophene rings is 1. The number of nitrogens with zero attached hydrogens (tertiary/aromatic N) is 4. The van der Waals surface area contributed by atoms with E-state index < -0.39 is 0 Å². The van der Waals surface area contributed by atoms with Crippen molar-refractivity contribution in [1.82, 2.24) is 19.6 Å². The lowest BCUT2D eigenvalue weighted by molar-refractivity contribution is 0.0611. The van der Waals surface area contributed by atoms with Crippen LogP contribution in [0.2, 0.25) is 0 Å². The highest BCUT2D eigenvalue weighted by atomic mass is 32.1. The molecule has 0 radical (unpaired) electrons. The molecule has 2 aliphatic rings. The van der Waals surface area contributed by atoms with Crippen molar-refractivity contribution in [1.29, 1.82) is 0 Å². The normalized spacial score (nSPS) is 27.4. The average molecular weight is 344 g/mol. The van der Waals surface area contributed by atoms with E-state index in [2.05, 4.69) is 21.9 Å². The number of likely N-dealkylation sites (tertiary alicyclic amines) is 2. The minimum Gasteiger partial charge on any atom is -0.338 e. The van der Waals surface area contributed by atoms with Gasteiger partial charge >= 0.3 is 0 Å². The molecule has 2 aromatic heterocycles. The standard InChI is InChI=1S/C18H24N4OS/c1-13-5-9-24-17(13)18(23)21-8-4-16-14(11-21)10-15(20(16)2)12-22-7-3-6-19-22/h3,5-7,9,14-16H,4,8,10-12H2,1-2H3/t14-,15+,16+/m0/s1. The van der Waals surface area contributed by atoms with Gasteiger partial charge in [0.2, 0.25) is 0 Å². The lowest BCUT2D eigenvalue weighted by Crippen LogP contribution is -2.47. The van der Waals surface area contributed by atoms with Crippen molar-refractivity contribution in [2.75, 3.05) is 20.1 Å². The number of piperidine rings is 1. The molecule has 1 amide bonds. The van der Waals surface area contributed by atoms with Crippen LogP contribution >= 0.6 is 11.3 Å². The van der Waals surface area contributed by atoms with E-state index in [-0.39, 0.29) is 5.91 Å². The zero-order valence-corrected chi connectivity index (χ0v) is 15.1. The van der Waals surface area contributed by atoms with Gasteiger partial charge in [-0.3, -0.25) is 14.4 Å². The van der Waals surface area contributed by atoms with Crippen LogP contribution in [0.1, 0.15) is 28.1 Å². The Morgan fingerprint density at radius 3 is 3.04 bits per heavy atom. The molecular formula is C18H24N4OS. The molecule has 2 fully saturated rings. The van der Waals surface area contributed by atoms with Crippen molar-refractivity contribution in [2.45, 2.75) is 38.4 Å². The Morgan fingerprint density at radius 2 is 2.33 bits per heavy atom. The molecule has 0 N–H and O–H groups in total. The number of hydrogen-bond acceptors (Lipinski definition) is 4. The fraction of sp³-hybridized carbons (Fsp3) is 0.556. The molecule has 5 nitrogen and oxygen atoms in total. The van der Waals surface area contributed by atoms with Crippen LogP contribution in [0.5, 0.6) is 0 Å². The largest absolute Gasteiger partial charge is 0.338 e. The fourth-order valence-corrected chi connectivity index (χ4v) is 5.21. The van der Waals surface area contributed by atoms with Crippen LogP contribution in [-0.4, -0.2) is 57.7 Å². The second-order valence-electron chi connectivity index (χ2n) is 7.08. The summed E-state index contributed by atoms with van der Waals surface area (Å²) in [7, 11) is 2.24. The van der Waals surface area contributed by atoms with Gasteiger partial charge in [-0.15, -0.1) is 11.3 Å². The van der Waals surface area contributed by atoms with Crippen molar-refractivity contribution < 1.29 is 4.79 Å². The maximum atomic E-state index is 12.8. The minimum atomic E-state index is 0.221. The van der Waals surface area contributed by atoms with E-state index in [9.17, 15) is 4.79 Å². The van der Waals surface area contributed by atoms with Crippen LogP contribution < -0.4 is 0 Å². The lowest BCUT2D eigenvalue weighted by atomic mass is 9.92. The summed E-state index contributed by atoms with van der Waals surface area (Å²) in [5.74, 6) is 0.799. The third-order valence-electron chi connectivity index (χ3n) is 5.67. The molecule has 128 valence electrons. The van der Waals surface area contributed by atoms with E-state index in [0.717, 1.165) is 42.9 Å². The van der Waals surface area contributed by atoms with E-state index in [4.69, 9.17) is 0 Å². The number of hydrogen-bond donors (Lipinski definition) is 0. The van der Waals surface area contributed by atoms with Gasteiger partial charge < -0.3 is 4.90 Å². The Bertz CT molecular complexity index is 710. The highest BCUT2D eigenvalue weighted by molar-refractivity contribution is 7.12. The van der Waals surface area contributed by atoms with Gasteiger partial charge in [-0.1, -0.05) is 0 Å². The zero-order chi connectivity index (χ0) is 16.7. The van der Waals surface area contributed by atoms with Crippen LogP contribution in [0.25, 0.3) is 0 Å². The van der Waals surface area contributed by atoms with Gasteiger partial charge in [0.05, 0.1) is 11.4 Å². The molecule has 4 heterocycles. The van der Waals surface area contributed by atoms with Gasteiger partial charge in [0.25, 0.3) is 5.91 Å². The summed E-state index contributed by atoms with van der Waals surface area (Å²) >= 11 is 1.57. The molecule has 2 saturated heterocycles. The van der Waals surface area contributed by atoms with Crippen LogP contribution in [0.4, 0.5) is 0 Å². The van der Waals surface area contributed by atoms with E-state index in [1.165, 1.54) is 0 Å². The van der Waals surface area contributed by atoms with E-state index in [1.54, 1.807) is 11.3 Å². The first kappa shape index (κ1) is 15.8. The summed E-state index contributed by atoms with van der Waals surface area (Å²) in [6.45, 7) is 4.73. The Labute approximate surface area is 146 Å². The summed E-state index contributed by atoms with van der Waals surface area (Å²) in [6.07, 6.45) is 6.10. The van der Waals surface area contributed by atoms with E-state index in [0.29, 0.717) is 18.0 Å². The Hall–Kier alpha value is -1.66. The molecule has 3 atom stereocenters. The second kappa shape index (κ2) is 6.33. The second-order valence-corrected chi connectivity index (χ2v) is 8.00. The Balaban J connectivity index is 1.44. The van der Waals surface area contributed by atoms with Crippen molar-refractivity contribution in [2.24, 2.45) is 5.92 Å². The number of fused-ring (bicyclic) bond motifs is 1. The number of rotatable bonds is 3. The summed E-state index contributed by atoms with van der Waals surface area (Å²) < 4.78 is 2.02. The molecule has 0 unspecified atom stereocenters. The molecule has 2 aliphatic heterocycles. The number of likely N-dealkylation sites (N-methyl/N-ethyl adjacent to an activating group) is 1. The molecule has 0 bridgehead atoms. The molecule has 2 aromatic rings. The molecule has 0 spiro atoms. The van der Waals surface area contributed by atoms with E-state index >= 15 is 0 Å². The average Bonchev–Trinajstić information content (AvgIpc) is 3.29. The van der Waals surface area contributed by atoms with Crippen LogP contribution in [0, 0.1) is 12.8 Å². The van der Waals surface area contributed by atoms with Gasteiger partial charge in [-0.05, 0) is 55.8 Å². The molecule has 0 aromatic carbocycles. The van der Waals surface area contributed by atoms with Gasteiger partial charge in [0.1, 0.15) is 0 Å². The summed E-state index contributed by atoms with van der Waals surface area (Å²) in [6, 6.07) is 5.12. The Morgan fingerprint density at radius 1 is 1.46 bits per heavy atom. The topological polar surface area (TPSA) is 41.4 Å². The first-order valence-electron chi connectivity index (χ1n) is 8.66. The van der Waals surface area contributed by atoms with Gasteiger partial charge in [0, 0.05) is 37.6 Å². The maximum absolute atomic E-state index is 12.8. The quantitative estimate of drug-likeness (QED) is 0.859. The van der Waals surface area contributed by atoms with Crippen molar-refractivity contribution in [3.8, 4) is 0 Å². The maximum Gasteiger partial charge on any atom is 0.264 e. The zero-order valence-electron chi connectivity index (χ0n) is 14.3. The summed E-state index contributed by atoms with van der Waals surface area (Å²) in [5, 5.41) is 6.36. The van der Waals surface area contributed by atoms with Crippen LogP contribution in [0.15, 0.2) is 29.9 Å². The molecular weight excluding hydrogens is 320 g/mol. The Kier molecular flexibility index (Phi) is 4.18. The first-order chi connectivity index (χ1) is 11.6. The SMILES string of the molecule is Cc1ccsc1C(=O)N1CC[C@@H]2[C@@H](C[C@H](Cn3cccn3)N2C)C1. The molecule has 0 saturated carbocycles. The monoisotopic (exact) mass is 344 g/mol. The highest BCUT2D eigenvalue weighted by Gasteiger charge is 2.43. The summed E-state index contributed by atoms with van der Waals surface area (Å²) in [5.41, 5.74) is 1.10. The predicted octanol–water partition coefficient (Wildman–Crippen LogP) is 2.49. The predicted molar refractivity (Wildman–Crippen MR) is 95.2 cm³/mol. The third kappa shape index (κ3) is 2.78. The fourth-order valence-electron chi connectivity index (χ4n) is 4.32. The van der Waals surface area contributed by atoms with Crippen molar-refractivity contribution in [3.63, 3.8) is 0 Å². The van der Waals surface area contributed by atoms with Crippen molar-refractivity contribution >= 4 is 17.2 Å². The van der Waals surface area contributed by atoms with Crippen LogP contribution in [0.3, 0.4) is 0 Å². The highest BCUT2D eigenvalue weighted by Crippen LogP contribution is 2.35. The lowest BCUT2D eigenvalue weighted by Gasteiger charge is -2.37. The number of amides is 1. The smallest absolute Gasteiger partial charge is 0.264 e. The van der Waals surface area contributed by atoms with E-state index in [1.807, 2.05) is 41.5 Å². The number of aromatic nitrogens is 2.